The van der Waals surface area contributed by atoms with Crippen LogP contribution in [0, 0.1) is 0 Å². The van der Waals surface area contributed by atoms with Crippen molar-refractivity contribution in [2.75, 3.05) is 44.3 Å². The molecule has 5 rings (SSSR count). The number of ether oxygens (including phenoxy) is 1. The van der Waals surface area contributed by atoms with Crippen LogP contribution in [0.4, 0.5) is 5.82 Å². The summed E-state index contributed by atoms with van der Waals surface area (Å²) in [6.07, 6.45) is 1.32. The number of morpholine rings is 1. The average Bonchev–Trinajstić information content (AvgIpc) is 3.44. The molecule has 2 aromatic carbocycles. The number of hydrogen-bond donors (Lipinski definition) is 0. The first-order chi connectivity index (χ1) is 16.8. The Labute approximate surface area is 203 Å². The first kappa shape index (κ1) is 22.5. The van der Waals surface area contributed by atoms with Gasteiger partial charge in [0.1, 0.15) is 5.82 Å². The molecular weight excluding hydrogens is 444 g/mol. The van der Waals surface area contributed by atoms with Crippen molar-refractivity contribution < 1.29 is 9.53 Å². The van der Waals surface area contributed by atoms with E-state index in [1.807, 2.05) is 40.6 Å². The van der Waals surface area contributed by atoms with Gasteiger partial charge >= 0.3 is 0 Å². The van der Waals surface area contributed by atoms with E-state index in [2.05, 4.69) is 41.3 Å². The van der Waals surface area contributed by atoms with Crippen LogP contribution in [-0.4, -0.2) is 60.2 Å². The molecular formula is C27H28N4O2S. The summed E-state index contributed by atoms with van der Waals surface area (Å²) in [7, 11) is 0. The molecule has 0 N–H and O–H groups in total. The molecule has 1 amide bonds. The number of carbonyl (C=O) groups is 1. The van der Waals surface area contributed by atoms with E-state index in [-0.39, 0.29) is 5.91 Å². The second-order valence-electron chi connectivity index (χ2n) is 8.33. The van der Waals surface area contributed by atoms with Crippen molar-refractivity contribution in [2.45, 2.75) is 12.8 Å². The highest BCUT2D eigenvalue weighted by Crippen LogP contribution is 2.30. The van der Waals surface area contributed by atoms with E-state index in [0.29, 0.717) is 39.3 Å². The predicted octanol–water partition coefficient (Wildman–Crippen LogP) is 4.66. The highest BCUT2D eigenvalue weighted by molar-refractivity contribution is 7.13. The third-order valence-corrected chi connectivity index (χ3v) is 6.96. The maximum absolute atomic E-state index is 12.9. The van der Waals surface area contributed by atoms with Gasteiger partial charge in [0.05, 0.1) is 23.6 Å². The Hall–Kier alpha value is -3.29. The minimum Gasteiger partial charge on any atom is -0.378 e. The number of nitrogens with zero attached hydrogens (tertiary/aromatic N) is 4. The van der Waals surface area contributed by atoms with Gasteiger partial charge in [0.25, 0.3) is 0 Å². The van der Waals surface area contributed by atoms with E-state index in [1.54, 1.807) is 11.3 Å². The third kappa shape index (κ3) is 5.26. The molecule has 0 saturated carbocycles. The van der Waals surface area contributed by atoms with Crippen LogP contribution < -0.4 is 4.90 Å². The number of hydrogen-bond acceptors (Lipinski definition) is 6. The van der Waals surface area contributed by atoms with E-state index in [0.717, 1.165) is 40.4 Å². The Kier molecular flexibility index (Phi) is 7.12. The van der Waals surface area contributed by atoms with E-state index >= 15 is 0 Å². The Morgan fingerprint density at radius 3 is 2.53 bits per heavy atom. The molecule has 0 unspecified atom stereocenters. The number of rotatable bonds is 8. The molecule has 3 heterocycles. The normalized spacial score (nSPS) is 13.8. The fourth-order valence-electron chi connectivity index (χ4n) is 4.25. The van der Waals surface area contributed by atoms with Crippen LogP contribution in [0.3, 0.4) is 0 Å². The van der Waals surface area contributed by atoms with Crippen LogP contribution in [0.15, 0.2) is 72.1 Å². The Morgan fingerprint density at radius 1 is 0.941 bits per heavy atom. The molecule has 0 aliphatic carbocycles. The third-order valence-electron chi connectivity index (χ3n) is 6.10. The molecule has 2 aromatic heterocycles. The van der Waals surface area contributed by atoms with E-state index in [4.69, 9.17) is 14.7 Å². The molecule has 0 atom stereocenters. The van der Waals surface area contributed by atoms with Gasteiger partial charge in [-0.15, -0.1) is 11.3 Å². The Balaban J connectivity index is 1.46. The number of amides is 1. The number of anilines is 1. The molecule has 0 spiro atoms. The number of para-hydroxylation sites is 1. The molecule has 1 aliphatic rings. The van der Waals surface area contributed by atoms with Gasteiger partial charge in [-0.1, -0.05) is 48.5 Å². The second kappa shape index (κ2) is 10.8. The van der Waals surface area contributed by atoms with Crippen LogP contribution in [0.25, 0.3) is 21.6 Å². The second-order valence-corrected chi connectivity index (χ2v) is 9.28. The Morgan fingerprint density at radius 2 is 1.74 bits per heavy atom. The van der Waals surface area contributed by atoms with E-state index in [9.17, 15) is 4.79 Å². The lowest BCUT2D eigenvalue weighted by Crippen LogP contribution is -2.42. The number of aromatic nitrogens is 2. The lowest BCUT2D eigenvalue weighted by atomic mass is 10.1. The molecule has 1 saturated heterocycles. The van der Waals surface area contributed by atoms with Gasteiger partial charge in [-0.25, -0.2) is 9.97 Å². The molecule has 0 radical (unpaired) electrons. The Bertz CT molecular complexity index is 1220. The molecule has 7 heteroatoms. The number of thiophene rings is 1. The van der Waals surface area contributed by atoms with Gasteiger partial charge in [0.2, 0.25) is 5.91 Å². The maximum Gasteiger partial charge on any atom is 0.224 e. The zero-order chi connectivity index (χ0) is 23.2. The zero-order valence-electron chi connectivity index (χ0n) is 19.1. The minimum absolute atomic E-state index is 0.171. The van der Waals surface area contributed by atoms with Crippen LogP contribution >= 0.6 is 11.3 Å². The smallest absolute Gasteiger partial charge is 0.224 e. The van der Waals surface area contributed by atoms with Gasteiger partial charge in [0.15, 0.2) is 5.82 Å². The van der Waals surface area contributed by atoms with Crippen molar-refractivity contribution in [3.05, 3.63) is 77.7 Å². The minimum atomic E-state index is 0.171. The SMILES string of the molecule is O=C(CCN(CCc1ccccc1)c1nc(-c2cccs2)nc2ccccc12)N1CCOCC1. The summed E-state index contributed by atoms with van der Waals surface area (Å²) in [5, 5.41) is 3.05. The van der Waals surface area contributed by atoms with Gasteiger partial charge in [0, 0.05) is 38.0 Å². The number of carbonyl (C=O) groups excluding carboxylic acids is 1. The highest BCUT2D eigenvalue weighted by atomic mass is 32.1. The van der Waals surface area contributed by atoms with Crippen molar-refractivity contribution in [3.8, 4) is 10.7 Å². The van der Waals surface area contributed by atoms with E-state index in [1.165, 1.54) is 5.56 Å². The summed E-state index contributed by atoms with van der Waals surface area (Å²) in [5.74, 6) is 1.79. The molecule has 34 heavy (non-hydrogen) atoms. The summed E-state index contributed by atoms with van der Waals surface area (Å²) in [4.78, 5) is 28.0. The van der Waals surface area contributed by atoms with Crippen molar-refractivity contribution in [1.82, 2.24) is 14.9 Å². The maximum atomic E-state index is 12.9. The van der Waals surface area contributed by atoms with Crippen LogP contribution in [0.1, 0.15) is 12.0 Å². The molecule has 1 aliphatic heterocycles. The number of fused-ring (bicyclic) bond motifs is 1. The van der Waals surface area contributed by atoms with Crippen LogP contribution in [0.2, 0.25) is 0 Å². The zero-order valence-corrected chi connectivity index (χ0v) is 19.9. The van der Waals surface area contributed by atoms with Gasteiger partial charge in [-0.2, -0.15) is 0 Å². The molecule has 4 aromatic rings. The van der Waals surface area contributed by atoms with Crippen LogP contribution in [-0.2, 0) is 16.0 Å². The molecule has 6 nitrogen and oxygen atoms in total. The van der Waals surface area contributed by atoms with Crippen molar-refractivity contribution >= 4 is 34.0 Å². The van der Waals surface area contributed by atoms with Crippen molar-refractivity contribution in [1.29, 1.82) is 0 Å². The summed E-state index contributed by atoms with van der Waals surface area (Å²) < 4.78 is 5.41. The molecule has 1 fully saturated rings. The van der Waals surface area contributed by atoms with Crippen LogP contribution in [0.5, 0.6) is 0 Å². The van der Waals surface area contributed by atoms with E-state index < -0.39 is 0 Å². The summed E-state index contributed by atoms with van der Waals surface area (Å²) in [5.41, 5.74) is 2.18. The highest BCUT2D eigenvalue weighted by Gasteiger charge is 2.20. The quantitative estimate of drug-likeness (QED) is 0.373. The first-order valence-electron chi connectivity index (χ1n) is 11.7. The number of benzene rings is 2. The topological polar surface area (TPSA) is 58.6 Å². The average molecular weight is 473 g/mol. The van der Waals surface area contributed by atoms with Gasteiger partial charge in [-0.3, -0.25) is 4.79 Å². The van der Waals surface area contributed by atoms with Gasteiger partial charge in [-0.05, 0) is 35.6 Å². The molecule has 0 bridgehead atoms. The molecule has 174 valence electrons. The fourth-order valence-corrected chi connectivity index (χ4v) is 4.91. The summed E-state index contributed by atoms with van der Waals surface area (Å²) >= 11 is 1.64. The largest absolute Gasteiger partial charge is 0.378 e. The lowest BCUT2D eigenvalue weighted by Gasteiger charge is -2.29. The predicted molar refractivity (Wildman–Crippen MR) is 137 cm³/mol. The summed E-state index contributed by atoms with van der Waals surface area (Å²) in [6.45, 7) is 3.94. The summed E-state index contributed by atoms with van der Waals surface area (Å²) in [6, 6.07) is 22.7. The first-order valence-corrected chi connectivity index (χ1v) is 12.6. The lowest BCUT2D eigenvalue weighted by molar-refractivity contribution is -0.135. The fraction of sp³-hybridized carbons (Fsp3) is 0.296. The monoisotopic (exact) mass is 472 g/mol. The van der Waals surface area contributed by atoms with Crippen molar-refractivity contribution in [3.63, 3.8) is 0 Å². The van der Waals surface area contributed by atoms with Gasteiger partial charge < -0.3 is 14.5 Å². The van der Waals surface area contributed by atoms with Crippen molar-refractivity contribution in [2.24, 2.45) is 0 Å². The standard InChI is InChI=1S/C27H28N4O2S/c32-25(30-16-18-33-19-17-30)13-15-31(14-12-21-7-2-1-3-8-21)27-22-9-4-5-10-23(22)28-26(29-27)24-11-6-20-34-24/h1-11,20H,12-19H2.